The average Bonchev–Trinajstić information content (AvgIpc) is 3.33. The molecular weight excluding hydrogens is 488 g/mol. The number of aliphatic hydroxyl groups is 1. The highest BCUT2D eigenvalue weighted by Crippen LogP contribution is 2.31. The number of aliphatic hydroxyl groups excluding tert-OH is 1. The number of rotatable bonds is 9. The van der Waals surface area contributed by atoms with Gasteiger partial charge in [-0.05, 0) is 50.3 Å². The van der Waals surface area contributed by atoms with Gasteiger partial charge >= 0.3 is 10.3 Å². The number of aromatic nitrogens is 2. The summed E-state index contributed by atoms with van der Waals surface area (Å²) in [6.07, 6.45) is 3.62. The van der Waals surface area contributed by atoms with Crippen molar-refractivity contribution in [2.24, 2.45) is 11.1 Å². The molecule has 186 valence electrons. The molecule has 1 aliphatic rings. The highest BCUT2D eigenvalue weighted by Gasteiger charge is 2.34. The van der Waals surface area contributed by atoms with Crippen LogP contribution in [0.15, 0.2) is 42.9 Å². The molecule has 2 aromatic heterocycles. The van der Waals surface area contributed by atoms with Gasteiger partial charge in [0, 0.05) is 23.0 Å². The highest BCUT2D eigenvalue weighted by molar-refractivity contribution is 7.84. The van der Waals surface area contributed by atoms with Crippen molar-refractivity contribution in [2.45, 2.75) is 45.3 Å². The van der Waals surface area contributed by atoms with Gasteiger partial charge in [-0.1, -0.05) is 29.8 Å². The molecule has 0 bridgehead atoms. The summed E-state index contributed by atoms with van der Waals surface area (Å²) in [4.78, 5) is 23.4. The third-order valence-corrected chi connectivity index (χ3v) is 7.68. The Kier molecular flexibility index (Phi) is 7.62. The van der Waals surface area contributed by atoms with Crippen molar-refractivity contribution in [1.82, 2.24) is 9.97 Å². The third kappa shape index (κ3) is 6.50. The van der Waals surface area contributed by atoms with Gasteiger partial charge in [0.05, 0.1) is 23.2 Å². The summed E-state index contributed by atoms with van der Waals surface area (Å²) in [7, 11) is -4.08. The summed E-state index contributed by atoms with van der Waals surface area (Å²) in [6.45, 7) is 3.87. The van der Waals surface area contributed by atoms with Crippen molar-refractivity contribution in [1.29, 1.82) is 0 Å². The number of carbonyl (C=O) groups excluding carboxylic acids is 1. The van der Waals surface area contributed by atoms with Crippen LogP contribution in [0.5, 0.6) is 0 Å². The molecule has 4 rings (SSSR count). The third-order valence-electron chi connectivity index (χ3n) is 6.12. The minimum Gasteiger partial charge on any atom is -0.393 e. The second-order valence-corrected chi connectivity index (χ2v) is 11.4. The molecule has 1 fully saturated rings. The molecule has 35 heavy (non-hydrogen) atoms. The van der Waals surface area contributed by atoms with Crippen molar-refractivity contribution in [3.05, 3.63) is 74.9 Å². The summed E-state index contributed by atoms with van der Waals surface area (Å²) < 4.78 is 26.8. The Labute approximate surface area is 208 Å². The number of nitrogens with two attached hydrogens (primary N) is 1. The number of nitrogens with one attached hydrogen (secondary N) is 1. The smallest absolute Gasteiger partial charge is 0.333 e. The number of thiophene rings is 1. The SMILES string of the molecule is Cc1cccc(Cc2cc(C(=O)c3cncnc3N[C@@H]3C[C@H](COS(N)(=O)=O)[C@@H](O)C3)sc2C)c1. The Morgan fingerprint density at radius 2 is 2.09 bits per heavy atom. The Bertz CT molecular complexity index is 1320. The normalized spacial score (nSPS) is 20.2. The molecule has 9 nitrogen and oxygen atoms in total. The predicted octanol–water partition coefficient (Wildman–Crippen LogP) is 2.75. The van der Waals surface area contributed by atoms with Gasteiger partial charge in [0.15, 0.2) is 0 Å². The van der Waals surface area contributed by atoms with E-state index in [0.717, 1.165) is 16.9 Å². The molecule has 4 N–H and O–H groups in total. The zero-order valence-electron chi connectivity index (χ0n) is 19.5. The van der Waals surface area contributed by atoms with Crippen LogP contribution >= 0.6 is 11.3 Å². The first-order valence-electron chi connectivity index (χ1n) is 11.2. The number of aryl methyl sites for hydroxylation is 2. The Morgan fingerprint density at radius 1 is 1.29 bits per heavy atom. The van der Waals surface area contributed by atoms with Crippen molar-refractivity contribution < 1.29 is 22.5 Å². The molecule has 0 unspecified atom stereocenters. The van der Waals surface area contributed by atoms with Crippen LogP contribution in [0.1, 0.15) is 49.6 Å². The van der Waals surface area contributed by atoms with Gasteiger partial charge in [-0.2, -0.15) is 8.42 Å². The van der Waals surface area contributed by atoms with E-state index in [1.807, 2.05) is 19.1 Å². The molecule has 1 saturated carbocycles. The van der Waals surface area contributed by atoms with Crippen molar-refractivity contribution in [3.8, 4) is 0 Å². The molecule has 1 aliphatic carbocycles. The summed E-state index contributed by atoms with van der Waals surface area (Å²) in [6, 6.07) is 10.0. The van der Waals surface area contributed by atoms with Crippen LogP contribution in [0.3, 0.4) is 0 Å². The monoisotopic (exact) mass is 516 g/mol. The maximum Gasteiger partial charge on any atom is 0.333 e. The van der Waals surface area contributed by atoms with Gasteiger partial charge in [-0.15, -0.1) is 11.3 Å². The first-order valence-corrected chi connectivity index (χ1v) is 13.5. The number of ketones is 1. The van der Waals surface area contributed by atoms with Crippen LogP contribution in [0, 0.1) is 19.8 Å². The topological polar surface area (TPSA) is 144 Å². The number of benzene rings is 1. The van der Waals surface area contributed by atoms with E-state index in [2.05, 4.69) is 44.6 Å². The molecule has 0 radical (unpaired) electrons. The lowest BCUT2D eigenvalue weighted by atomic mass is 10.0. The van der Waals surface area contributed by atoms with Gasteiger partial charge in [0.1, 0.15) is 12.1 Å². The van der Waals surface area contributed by atoms with Crippen molar-refractivity contribution >= 4 is 33.2 Å². The molecule has 0 amide bonds. The van der Waals surface area contributed by atoms with Crippen molar-refractivity contribution in [3.63, 3.8) is 0 Å². The molecule has 3 atom stereocenters. The maximum atomic E-state index is 13.4. The molecule has 0 spiro atoms. The summed E-state index contributed by atoms with van der Waals surface area (Å²) in [5, 5.41) is 18.4. The van der Waals surface area contributed by atoms with E-state index in [1.54, 1.807) is 0 Å². The fourth-order valence-corrected chi connectivity index (χ4v) is 5.73. The van der Waals surface area contributed by atoms with E-state index in [-0.39, 0.29) is 18.4 Å². The van der Waals surface area contributed by atoms with E-state index < -0.39 is 22.3 Å². The fraction of sp³-hybridized carbons (Fsp3) is 0.375. The maximum absolute atomic E-state index is 13.4. The molecule has 0 aliphatic heterocycles. The summed E-state index contributed by atoms with van der Waals surface area (Å²) >= 11 is 1.44. The molecule has 0 saturated heterocycles. The minimum absolute atomic E-state index is 0.177. The molecular formula is C24H28N4O5S2. The standard InChI is InChI=1S/C24H28N4O5S2/c1-14-4-3-5-16(6-14)7-17-9-22(34-15(17)2)23(30)20-11-26-13-27-24(20)28-19-8-18(21(29)10-19)12-33-35(25,31)32/h3-6,9,11,13,18-19,21,29H,7-8,10,12H2,1-2H3,(H2,25,31,32)(H,26,27,28)/t18-,19-,21+/m1/s1. The van der Waals surface area contributed by atoms with Crippen LogP contribution in [0.4, 0.5) is 5.82 Å². The lowest BCUT2D eigenvalue weighted by Gasteiger charge is -2.15. The zero-order chi connectivity index (χ0) is 25.2. The first-order chi connectivity index (χ1) is 16.6. The fourth-order valence-electron chi connectivity index (χ4n) is 4.37. The van der Waals surface area contributed by atoms with E-state index in [4.69, 9.17) is 5.14 Å². The van der Waals surface area contributed by atoms with Crippen LogP contribution in [-0.2, 0) is 20.9 Å². The number of anilines is 1. The summed E-state index contributed by atoms with van der Waals surface area (Å²) in [5.74, 6) is -0.207. The molecule has 3 aromatic rings. The minimum atomic E-state index is -4.08. The van der Waals surface area contributed by atoms with Crippen molar-refractivity contribution in [2.75, 3.05) is 11.9 Å². The van der Waals surface area contributed by atoms with Gasteiger partial charge in [0.2, 0.25) is 5.78 Å². The van der Waals surface area contributed by atoms with E-state index >= 15 is 0 Å². The van der Waals surface area contributed by atoms with Crippen LogP contribution in [-0.4, -0.2) is 48.0 Å². The summed E-state index contributed by atoms with van der Waals surface area (Å²) in [5.41, 5.74) is 3.83. The second-order valence-electron chi connectivity index (χ2n) is 8.89. The Hall–Kier alpha value is -2.70. The average molecular weight is 517 g/mol. The predicted molar refractivity (Wildman–Crippen MR) is 134 cm³/mol. The Balaban J connectivity index is 1.48. The van der Waals surface area contributed by atoms with Gasteiger partial charge < -0.3 is 10.4 Å². The number of carbonyl (C=O) groups is 1. The number of hydrogen-bond acceptors (Lipinski definition) is 9. The lowest BCUT2D eigenvalue weighted by Crippen LogP contribution is -2.24. The number of hydrogen-bond donors (Lipinski definition) is 3. The van der Waals surface area contributed by atoms with E-state index in [9.17, 15) is 18.3 Å². The largest absolute Gasteiger partial charge is 0.393 e. The van der Waals surface area contributed by atoms with E-state index in [1.165, 1.54) is 35.0 Å². The lowest BCUT2D eigenvalue weighted by molar-refractivity contribution is 0.101. The quantitative estimate of drug-likeness (QED) is 0.368. The van der Waals surface area contributed by atoms with Gasteiger partial charge in [-0.25, -0.2) is 15.1 Å². The molecule has 2 heterocycles. The van der Waals surface area contributed by atoms with Crippen LogP contribution < -0.4 is 10.5 Å². The first kappa shape index (κ1) is 25.4. The molecule has 11 heteroatoms. The van der Waals surface area contributed by atoms with Crippen LogP contribution in [0.2, 0.25) is 0 Å². The zero-order valence-corrected chi connectivity index (χ0v) is 21.1. The van der Waals surface area contributed by atoms with Gasteiger partial charge in [-0.3, -0.25) is 8.98 Å². The second kappa shape index (κ2) is 10.5. The highest BCUT2D eigenvalue weighted by atomic mass is 32.2. The van der Waals surface area contributed by atoms with Gasteiger partial charge in [0.25, 0.3) is 0 Å². The van der Waals surface area contributed by atoms with E-state index in [0.29, 0.717) is 29.1 Å². The Morgan fingerprint density at radius 3 is 2.83 bits per heavy atom. The van der Waals surface area contributed by atoms with Crippen LogP contribution in [0.25, 0.3) is 0 Å². The number of nitrogens with zero attached hydrogens (tertiary/aromatic N) is 2. The molecule has 1 aromatic carbocycles.